The maximum Gasteiger partial charge on any atom is 0.302 e. The highest BCUT2D eigenvalue weighted by atomic mass is 16.5. The summed E-state index contributed by atoms with van der Waals surface area (Å²) in [5.41, 5.74) is 7.66. The number of esters is 1. The minimum atomic E-state index is -0.414. The molecule has 12 nitrogen and oxygen atoms in total. The van der Waals surface area contributed by atoms with Crippen LogP contribution >= 0.6 is 0 Å². The number of fused-ring (bicyclic) bond motifs is 4. The molecule has 2 N–H and O–H groups in total. The van der Waals surface area contributed by atoms with Gasteiger partial charge in [0, 0.05) is 55.5 Å². The van der Waals surface area contributed by atoms with Gasteiger partial charge in [-0.3, -0.25) is 19.1 Å². The standard InChI is InChI=1S/C31H33N7O5/c1-18(39)43-17-23-20(24-15-25(31(41)36(2)34-24)33-27-14-19-16-42-13-12-38(19)35-27)7-5-8-21(23)28-22-6-3-4-9-26(22)37-11-10-32-30(40)29(28)37/h5,7-8,14-15H,3-4,6,9-13,16-17H2,1-2H3,(H,32,40)(H,33,35). The lowest BCUT2D eigenvalue weighted by atomic mass is 9.87. The summed E-state index contributed by atoms with van der Waals surface area (Å²) in [6, 6.07) is 9.38. The van der Waals surface area contributed by atoms with E-state index in [0.29, 0.717) is 54.8 Å². The Morgan fingerprint density at radius 3 is 2.79 bits per heavy atom. The maximum atomic E-state index is 13.3. The SMILES string of the molecule is CC(=O)OCc1c(-c2cc(Nc3cc4n(n3)CCOC4)c(=O)n(C)n2)cccc1-c1c2c(n3c1C(=O)NCC3)CCCC2. The van der Waals surface area contributed by atoms with Gasteiger partial charge in [0.1, 0.15) is 18.0 Å². The lowest BCUT2D eigenvalue weighted by Gasteiger charge is -2.21. The number of rotatable bonds is 6. The van der Waals surface area contributed by atoms with Crippen molar-refractivity contribution < 1.29 is 19.1 Å². The van der Waals surface area contributed by atoms with Gasteiger partial charge in [-0.2, -0.15) is 10.2 Å². The van der Waals surface area contributed by atoms with Gasteiger partial charge < -0.3 is 24.7 Å². The minimum absolute atomic E-state index is 0.0110. The van der Waals surface area contributed by atoms with E-state index in [2.05, 4.69) is 25.4 Å². The number of ether oxygens (including phenoxy) is 2. The number of nitrogens with one attached hydrogen (secondary N) is 2. The van der Waals surface area contributed by atoms with E-state index in [4.69, 9.17) is 9.47 Å². The number of aromatic nitrogens is 5. The minimum Gasteiger partial charge on any atom is -0.461 e. The maximum absolute atomic E-state index is 13.3. The van der Waals surface area contributed by atoms with Gasteiger partial charge in [0.2, 0.25) is 0 Å². The van der Waals surface area contributed by atoms with E-state index >= 15 is 0 Å². The highest BCUT2D eigenvalue weighted by Crippen LogP contribution is 2.42. The van der Waals surface area contributed by atoms with Gasteiger partial charge in [-0.25, -0.2) is 4.68 Å². The summed E-state index contributed by atoms with van der Waals surface area (Å²) in [6.07, 6.45) is 3.93. The normalized spacial score (nSPS) is 15.7. The zero-order valence-electron chi connectivity index (χ0n) is 24.2. The van der Waals surface area contributed by atoms with E-state index in [9.17, 15) is 14.4 Å². The highest BCUT2D eigenvalue weighted by molar-refractivity contribution is 6.02. The lowest BCUT2D eigenvalue weighted by Crippen LogP contribution is -2.36. The molecular weight excluding hydrogens is 550 g/mol. The number of hydrogen-bond donors (Lipinski definition) is 2. The third-order valence-corrected chi connectivity index (χ3v) is 8.44. The molecule has 0 saturated carbocycles. The van der Waals surface area contributed by atoms with Crippen LogP contribution in [0.15, 0.2) is 35.1 Å². The third-order valence-electron chi connectivity index (χ3n) is 8.44. The number of nitrogens with zero attached hydrogens (tertiary/aromatic N) is 5. The van der Waals surface area contributed by atoms with Crippen LogP contribution in [0.25, 0.3) is 22.4 Å². The first-order chi connectivity index (χ1) is 20.9. The quantitative estimate of drug-likeness (QED) is 0.331. The summed E-state index contributed by atoms with van der Waals surface area (Å²) < 4.78 is 16.4. The van der Waals surface area contributed by atoms with Crippen molar-refractivity contribution >= 4 is 23.4 Å². The second kappa shape index (κ2) is 10.8. The van der Waals surface area contributed by atoms with E-state index in [1.165, 1.54) is 22.9 Å². The Labute approximate surface area is 247 Å². The Morgan fingerprint density at radius 2 is 1.95 bits per heavy atom. The van der Waals surface area contributed by atoms with Crippen LogP contribution in [-0.2, 0) is 60.5 Å². The molecule has 0 bridgehead atoms. The van der Waals surface area contributed by atoms with E-state index in [0.717, 1.165) is 54.6 Å². The monoisotopic (exact) mass is 583 g/mol. The van der Waals surface area contributed by atoms with Gasteiger partial charge in [0.25, 0.3) is 11.5 Å². The summed E-state index contributed by atoms with van der Waals surface area (Å²) in [7, 11) is 1.60. The number of anilines is 2. The number of amides is 1. The average Bonchev–Trinajstić information content (AvgIpc) is 3.57. The molecule has 0 saturated heterocycles. The van der Waals surface area contributed by atoms with Crippen LogP contribution in [0.4, 0.5) is 11.5 Å². The molecule has 0 atom stereocenters. The molecular formula is C31H33N7O5. The molecule has 0 spiro atoms. The van der Waals surface area contributed by atoms with Gasteiger partial charge in [-0.15, -0.1) is 0 Å². The largest absolute Gasteiger partial charge is 0.461 e. The molecule has 0 unspecified atom stereocenters. The summed E-state index contributed by atoms with van der Waals surface area (Å²) in [5.74, 6) is 0.0315. The van der Waals surface area contributed by atoms with Crippen molar-refractivity contribution in [2.75, 3.05) is 18.5 Å². The number of carbonyl (C=O) groups excluding carboxylic acids is 2. The first kappa shape index (κ1) is 27.1. The lowest BCUT2D eigenvalue weighted by molar-refractivity contribution is -0.142. The van der Waals surface area contributed by atoms with E-state index in [1.54, 1.807) is 13.1 Å². The molecule has 3 aliphatic rings. The first-order valence-electron chi connectivity index (χ1n) is 14.7. The molecule has 0 fully saturated rings. The van der Waals surface area contributed by atoms with Gasteiger partial charge in [-0.05, 0) is 42.9 Å². The molecule has 1 aliphatic carbocycles. The van der Waals surface area contributed by atoms with Crippen LogP contribution in [-0.4, -0.2) is 49.2 Å². The number of aryl methyl sites for hydroxylation is 1. The number of benzene rings is 1. The number of hydrogen-bond acceptors (Lipinski definition) is 8. The van der Waals surface area contributed by atoms with Crippen molar-refractivity contribution in [3.05, 3.63) is 68.9 Å². The fourth-order valence-corrected chi connectivity index (χ4v) is 6.52. The topological polar surface area (TPSA) is 134 Å². The Balaban J connectivity index is 1.38. The molecule has 7 rings (SSSR count). The van der Waals surface area contributed by atoms with Gasteiger partial charge in [0.05, 0.1) is 31.1 Å². The Kier molecular flexibility index (Phi) is 6.85. The molecule has 43 heavy (non-hydrogen) atoms. The van der Waals surface area contributed by atoms with Crippen molar-refractivity contribution in [2.45, 2.75) is 58.9 Å². The Morgan fingerprint density at radius 1 is 1.12 bits per heavy atom. The first-order valence-corrected chi connectivity index (χ1v) is 14.7. The van der Waals surface area contributed by atoms with Crippen LogP contribution < -0.4 is 16.2 Å². The van der Waals surface area contributed by atoms with Crippen molar-refractivity contribution in [1.82, 2.24) is 29.4 Å². The fraction of sp³-hybridized carbons (Fsp3) is 0.387. The molecule has 0 radical (unpaired) electrons. The summed E-state index contributed by atoms with van der Waals surface area (Å²) in [5, 5.41) is 15.4. The van der Waals surface area contributed by atoms with E-state index in [-0.39, 0.29) is 18.1 Å². The van der Waals surface area contributed by atoms with Crippen LogP contribution in [0, 0.1) is 0 Å². The average molecular weight is 584 g/mol. The Bertz CT molecular complexity index is 1810. The van der Waals surface area contributed by atoms with Crippen LogP contribution in [0.1, 0.15) is 52.8 Å². The van der Waals surface area contributed by atoms with E-state index in [1.807, 2.05) is 28.9 Å². The summed E-state index contributed by atoms with van der Waals surface area (Å²) >= 11 is 0. The molecule has 3 aromatic heterocycles. The van der Waals surface area contributed by atoms with Gasteiger partial charge in [0.15, 0.2) is 5.82 Å². The second-order valence-corrected chi connectivity index (χ2v) is 11.2. The zero-order chi connectivity index (χ0) is 29.7. The van der Waals surface area contributed by atoms with E-state index < -0.39 is 5.97 Å². The molecule has 1 aromatic carbocycles. The fourth-order valence-electron chi connectivity index (χ4n) is 6.52. The van der Waals surface area contributed by atoms with Crippen LogP contribution in [0.2, 0.25) is 0 Å². The number of carbonyl (C=O) groups is 2. The van der Waals surface area contributed by atoms with Crippen molar-refractivity contribution in [3.63, 3.8) is 0 Å². The molecule has 2 aliphatic heterocycles. The second-order valence-electron chi connectivity index (χ2n) is 11.2. The van der Waals surface area contributed by atoms with Crippen LogP contribution in [0.5, 0.6) is 0 Å². The van der Waals surface area contributed by atoms with Gasteiger partial charge in [-0.1, -0.05) is 18.2 Å². The Hall–Kier alpha value is -4.71. The molecule has 12 heteroatoms. The highest BCUT2D eigenvalue weighted by Gasteiger charge is 2.32. The van der Waals surface area contributed by atoms with Crippen molar-refractivity contribution in [3.8, 4) is 22.4 Å². The smallest absolute Gasteiger partial charge is 0.302 e. The summed E-state index contributed by atoms with van der Waals surface area (Å²) in [6.45, 7) is 4.39. The molecule has 222 valence electrons. The molecule has 4 aromatic rings. The predicted molar refractivity (Wildman–Crippen MR) is 158 cm³/mol. The van der Waals surface area contributed by atoms with Gasteiger partial charge >= 0.3 is 5.97 Å². The predicted octanol–water partition coefficient (Wildman–Crippen LogP) is 3.07. The molecule has 5 heterocycles. The zero-order valence-corrected chi connectivity index (χ0v) is 24.2. The molecule has 1 amide bonds. The van der Waals surface area contributed by atoms with Crippen molar-refractivity contribution in [1.29, 1.82) is 0 Å². The van der Waals surface area contributed by atoms with Crippen LogP contribution in [0.3, 0.4) is 0 Å². The summed E-state index contributed by atoms with van der Waals surface area (Å²) in [4.78, 5) is 38.5. The van der Waals surface area contributed by atoms with Crippen molar-refractivity contribution in [2.24, 2.45) is 7.05 Å². The third kappa shape index (κ3) is 4.81.